The number of aromatic nitrogens is 2. The van der Waals surface area contributed by atoms with Gasteiger partial charge in [-0.05, 0) is 30.7 Å². The summed E-state index contributed by atoms with van der Waals surface area (Å²) in [6.45, 7) is 2.21. The van der Waals surface area contributed by atoms with Gasteiger partial charge in [-0.25, -0.2) is 13.4 Å². The fourth-order valence-electron chi connectivity index (χ4n) is 3.12. The standard InChI is InChI=1S/C22H27N3O5S/c1-3-4-7-12-31(27,28)16-22(26)24-17-9-10-19(29-2)20(13-17)30-15-18-14-25-11-6-5-8-21(25)23-18/h5-6,8-11,13-14H,3-4,7,12,15-16H2,1-2H3,(H,24,26). The van der Waals surface area contributed by atoms with Crippen LogP contribution in [-0.2, 0) is 21.2 Å². The Bertz CT molecular complexity index is 1110. The van der Waals surface area contributed by atoms with E-state index in [1.54, 1.807) is 18.2 Å². The average molecular weight is 446 g/mol. The van der Waals surface area contributed by atoms with Crippen LogP contribution in [0.5, 0.6) is 11.5 Å². The van der Waals surface area contributed by atoms with Gasteiger partial charge in [-0.1, -0.05) is 25.8 Å². The number of unbranched alkanes of at least 4 members (excludes halogenated alkanes) is 2. The van der Waals surface area contributed by atoms with Crippen LogP contribution in [0.25, 0.3) is 5.65 Å². The second-order valence-electron chi connectivity index (χ2n) is 7.20. The largest absolute Gasteiger partial charge is 0.493 e. The van der Waals surface area contributed by atoms with Crippen LogP contribution in [0.3, 0.4) is 0 Å². The van der Waals surface area contributed by atoms with E-state index in [2.05, 4.69) is 10.3 Å². The number of anilines is 1. The Morgan fingerprint density at radius 1 is 1.16 bits per heavy atom. The number of nitrogens with one attached hydrogen (secondary N) is 1. The lowest BCUT2D eigenvalue weighted by atomic mass is 10.2. The van der Waals surface area contributed by atoms with E-state index in [4.69, 9.17) is 9.47 Å². The van der Waals surface area contributed by atoms with Gasteiger partial charge in [-0.2, -0.15) is 0 Å². The summed E-state index contributed by atoms with van der Waals surface area (Å²) in [7, 11) is -1.91. The molecule has 2 aromatic heterocycles. The highest BCUT2D eigenvalue weighted by molar-refractivity contribution is 7.92. The molecule has 2 heterocycles. The molecule has 1 amide bonds. The Morgan fingerprint density at radius 2 is 2.00 bits per heavy atom. The number of rotatable bonds is 11. The van der Waals surface area contributed by atoms with Crippen molar-refractivity contribution in [3.05, 3.63) is 54.5 Å². The van der Waals surface area contributed by atoms with E-state index in [1.165, 1.54) is 7.11 Å². The highest BCUT2D eigenvalue weighted by atomic mass is 32.2. The predicted octanol–water partition coefficient (Wildman–Crippen LogP) is 3.47. The van der Waals surface area contributed by atoms with Crippen molar-refractivity contribution < 1.29 is 22.7 Å². The van der Waals surface area contributed by atoms with Gasteiger partial charge in [-0.3, -0.25) is 4.79 Å². The molecule has 0 radical (unpaired) electrons. The quantitative estimate of drug-likeness (QED) is 0.454. The van der Waals surface area contributed by atoms with E-state index in [0.717, 1.165) is 24.2 Å². The molecular formula is C22H27N3O5S. The van der Waals surface area contributed by atoms with Gasteiger partial charge in [0.15, 0.2) is 21.3 Å². The first-order valence-electron chi connectivity index (χ1n) is 10.1. The van der Waals surface area contributed by atoms with Crippen molar-refractivity contribution in [1.29, 1.82) is 0 Å². The summed E-state index contributed by atoms with van der Waals surface area (Å²) in [5, 5.41) is 2.63. The Kier molecular flexibility index (Phi) is 7.51. The fourth-order valence-corrected chi connectivity index (χ4v) is 4.38. The zero-order chi connectivity index (χ0) is 22.3. The van der Waals surface area contributed by atoms with Crippen LogP contribution in [0.4, 0.5) is 5.69 Å². The second-order valence-corrected chi connectivity index (χ2v) is 9.38. The number of amides is 1. The Hall–Kier alpha value is -3.07. The lowest BCUT2D eigenvalue weighted by molar-refractivity contribution is -0.113. The molecule has 8 nitrogen and oxygen atoms in total. The van der Waals surface area contributed by atoms with Gasteiger partial charge in [0, 0.05) is 24.1 Å². The second kappa shape index (κ2) is 10.3. The van der Waals surface area contributed by atoms with Gasteiger partial charge in [-0.15, -0.1) is 0 Å². The molecule has 0 saturated carbocycles. The molecule has 0 bridgehead atoms. The lowest BCUT2D eigenvalue weighted by Gasteiger charge is -2.12. The van der Waals surface area contributed by atoms with Gasteiger partial charge in [0.25, 0.3) is 0 Å². The molecule has 0 unspecified atom stereocenters. The highest BCUT2D eigenvalue weighted by Gasteiger charge is 2.17. The number of benzene rings is 1. The molecule has 1 N–H and O–H groups in total. The van der Waals surface area contributed by atoms with E-state index in [1.807, 2.05) is 41.9 Å². The van der Waals surface area contributed by atoms with Crippen molar-refractivity contribution >= 4 is 27.1 Å². The van der Waals surface area contributed by atoms with Crippen LogP contribution in [0.1, 0.15) is 31.9 Å². The van der Waals surface area contributed by atoms with Crippen LogP contribution in [-0.4, -0.2) is 42.3 Å². The molecule has 31 heavy (non-hydrogen) atoms. The van der Waals surface area contributed by atoms with Gasteiger partial charge in [0.05, 0.1) is 18.6 Å². The summed E-state index contributed by atoms with van der Waals surface area (Å²) in [6.07, 6.45) is 6.09. The molecule has 0 aliphatic heterocycles. The third-order valence-electron chi connectivity index (χ3n) is 4.65. The van der Waals surface area contributed by atoms with Crippen LogP contribution < -0.4 is 14.8 Å². The molecule has 0 aliphatic rings. The highest BCUT2D eigenvalue weighted by Crippen LogP contribution is 2.31. The number of carbonyl (C=O) groups is 1. The zero-order valence-electron chi connectivity index (χ0n) is 17.7. The first-order chi connectivity index (χ1) is 14.9. The molecule has 166 valence electrons. The summed E-state index contributed by atoms with van der Waals surface area (Å²) >= 11 is 0. The molecule has 0 fully saturated rings. The minimum absolute atomic E-state index is 0.0181. The summed E-state index contributed by atoms with van der Waals surface area (Å²) in [5.41, 5.74) is 1.98. The third-order valence-corrected chi connectivity index (χ3v) is 6.26. The minimum Gasteiger partial charge on any atom is -0.493 e. The smallest absolute Gasteiger partial charge is 0.239 e. The number of pyridine rings is 1. The van der Waals surface area contributed by atoms with E-state index in [9.17, 15) is 13.2 Å². The molecule has 0 atom stereocenters. The SMILES string of the molecule is CCCCCS(=O)(=O)CC(=O)Nc1ccc(OC)c(OCc2cn3ccccc3n2)c1. The van der Waals surface area contributed by atoms with E-state index in [-0.39, 0.29) is 12.4 Å². The number of imidazole rings is 1. The Balaban J connectivity index is 1.64. The van der Waals surface area contributed by atoms with Crippen molar-refractivity contribution in [3.63, 3.8) is 0 Å². The van der Waals surface area contributed by atoms with Gasteiger partial charge < -0.3 is 19.2 Å². The van der Waals surface area contributed by atoms with Crippen LogP contribution in [0.15, 0.2) is 48.8 Å². The fraction of sp³-hybridized carbons (Fsp3) is 0.364. The molecule has 3 aromatic rings. The van der Waals surface area contributed by atoms with Crippen molar-refractivity contribution in [2.24, 2.45) is 0 Å². The van der Waals surface area contributed by atoms with Crippen molar-refractivity contribution in [3.8, 4) is 11.5 Å². The molecule has 3 rings (SSSR count). The maximum Gasteiger partial charge on any atom is 0.239 e. The number of fused-ring (bicyclic) bond motifs is 1. The van der Waals surface area contributed by atoms with Gasteiger partial charge in [0.2, 0.25) is 5.91 Å². The first-order valence-corrected chi connectivity index (χ1v) is 12.0. The maximum atomic E-state index is 12.2. The number of carbonyl (C=O) groups excluding carboxylic acids is 1. The first kappa shape index (κ1) is 22.6. The summed E-state index contributed by atoms with van der Waals surface area (Å²) in [6, 6.07) is 10.6. The number of sulfone groups is 1. The topological polar surface area (TPSA) is 99.0 Å². The van der Waals surface area contributed by atoms with Crippen molar-refractivity contribution in [2.75, 3.05) is 23.9 Å². The van der Waals surface area contributed by atoms with Crippen LogP contribution in [0, 0.1) is 0 Å². The Labute approximate surface area is 182 Å². The average Bonchev–Trinajstić information content (AvgIpc) is 3.15. The van der Waals surface area contributed by atoms with E-state index in [0.29, 0.717) is 23.6 Å². The number of hydrogen-bond donors (Lipinski definition) is 1. The molecular weight excluding hydrogens is 418 g/mol. The third kappa shape index (κ3) is 6.45. The molecule has 1 aromatic carbocycles. The van der Waals surface area contributed by atoms with Crippen molar-refractivity contribution in [1.82, 2.24) is 9.38 Å². The van der Waals surface area contributed by atoms with E-state index >= 15 is 0 Å². The lowest BCUT2D eigenvalue weighted by Crippen LogP contribution is -2.24. The Morgan fingerprint density at radius 3 is 2.74 bits per heavy atom. The normalized spacial score (nSPS) is 11.4. The predicted molar refractivity (Wildman–Crippen MR) is 119 cm³/mol. The number of nitrogens with zero attached hydrogens (tertiary/aromatic N) is 2. The van der Waals surface area contributed by atoms with Gasteiger partial charge in [0.1, 0.15) is 18.0 Å². The summed E-state index contributed by atoms with van der Waals surface area (Å²) < 4.78 is 37.3. The number of ether oxygens (including phenoxy) is 2. The van der Waals surface area contributed by atoms with E-state index < -0.39 is 21.5 Å². The van der Waals surface area contributed by atoms with Crippen molar-refractivity contribution in [2.45, 2.75) is 32.8 Å². The number of hydrogen-bond acceptors (Lipinski definition) is 6. The summed E-state index contributed by atoms with van der Waals surface area (Å²) in [5.74, 6) is -0.185. The van der Waals surface area contributed by atoms with Crippen LogP contribution >= 0.6 is 0 Å². The van der Waals surface area contributed by atoms with Gasteiger partial charge >= 0.3 is 0 Å². The summed E-state index contributed by atoms with van der Waals surface area (Å²) in [4.78, 5) is 16.7. The maximum absolute atomic E-state index is 12.2. The molecule has 0 spiro atoms. The molecule has 0 saturated heterocycles. The number of methoxy groups -OCH3 is 1. The minimum atomic E-state index is -3.43. The molecule has 0 aliphatic carbocycles. The van der Waals surface area contributed by atoms with Crippen LogP contribution in [0.2, 0.25) is 0 Å². The molecule has 9 heteroatoms. The monoisotopic (exact) mass is 445 g/mol. The zero-order valence-corrected chi connectivity index (χ0v) is 18.5.